The molecule has 0 saturated carbocycles. The second kappa shape index (κ2) is 8.11. The van der Waals surface area contributed by atoms with Gasteiger partial charge in [-0.05, 0) is 32.4 Å². The van der Waals surface area contributed by atoms with E-state index in [1.165, 1.54) is 0 Å². The lowest BCUT2D eigenvalue weighted by Crippen LogP contribution is -2.49. The van der Waals surface area contributed by atoms with E-state index >= 15 is 0 Å². The summed E-state index contributed by atoms with van der Waals surface area (Å²) in [5, 5.41) is 13.2. The smallest absolute Gasteiger partial charge is 0.238 e. The third-order valence-corrected chi connectivity index (χ3v) is 4.35. The summed E-state index contributed by atoms with van der Waals surface area (Å²) in [4.78, 5) is 16.6. The average molecular weight is 340 g/mol. The van der Waals surface area contributed by atoms with Crippen LogP contribution in [0.25, 0.3) is 0 Å². The molecule has 6 heteroatoms. The number of rotatable bonds is 6. The SMILES string of the molecule is CC(C)(O)CCN1CCN(CC(=O)Nc2ccccc2Cl)CC1. The number of nitrogens with one attached hydrogen (secondary N) is 1. The van der Waals surface area contributed by atoms with Gasteiger partial charge in [-0.15, -0.1) is 0 Å². The van der Waals surface area contributed by atoms with E-state index in [0.717, 1.165) is 39.1 Å². The van der Waals surface area contributed by atoms with Crippen molar-refractivity contribution in [3.05, 3.63) is 29.3 Å². The molecule has 2 rings (SSSR count). The maximum atomic E-state index is 12.1. The van der Waals surface area contributed by atoms with Crippen molar-refractivity contribution < 1.29 is 9.90 Å². The topological polar surface area (TPSA) is 55.8 Å². The third kappa shape index (κ3) is 6.47. The van der Waals surface area contributed by atoms with E-state index in [1.807, 2.05) is 26.0 Å². The highest BCUT2D eigenvalue weighted by Gasteiger charge is 2.21. The van der Waals surface area contributed by atoms with Crippen LogP contribution >= 0.6 is 11.6 Å². The number of piperazine rings is 1. The summed E-state index contributed by atoms with van der Waals surface area (Å²) < 4.78 is 0. The van der Waals surface area contributed by atoms with Gasteiger partial charge in [0, 0.05) is 32.7 Å². The van der Waals surface area contributed by atoms with Gasteiger partial charge >= 0.3 is 0 Å². The molecule has 1 fully saturated rings. The molecule has 5 nitrogen and oxygen atoms in total. The quantitative estimate of drug-likeness (QED) is 0.833. The molecule has 0 aromatic heterocycles. The molecule has 0 bridgehead atoms. The van der Waals surface area contributed by atoms with E-state index in [0.29, 0.717) is 17.3 Å². The number of carbonyl (C=O) groups is 1. The van der Waals surface area contributed by atoms with Gasteiger partial charge in [-0.25, -0.2) is 0 Å². The number of carbonyl (C=O) groups excluding carboxylic acids is 1. The van der Waals surface area contributed by atoms with Crippen molar-refractivity contribution in [2.24, 2.45) is 0 Å². The molecule has 0 unspecified atom stereocenters. The fourth-order valence-corrected chi connectivity index (χ4v) is 2.74. The number of hydrogen-bond donors (Lipinski definition) is 2. The van der Waals surface area contributed by atoms with Crippen LogP contribution in [0.1, 0.15) is 20.3 Å². The zero-order chi connectivity index (χ0) is 16.9. The average Bonchev–Trinajstić information content (AvgIpc) is 2.48. The summed E-state index contributed by atoms with van der Waals surface area (Å²) in [6, 6.07) is 7.25. The fraction of sp³-hybridized carbons (Fsp3) is 0.588. The van der Waals surface area contributed by atoms with Gasteiger partial charge in [0.1, 0.15) is 0 Å². The molecule has 0 aliphatic carbocycles. The summed E-state index contributed by atoms with van der Waals surface area (Å²) in [5.41, 5.74) is 0.0365. The van der Waals surface area contributed by atoms with Crippen molar-refractivity contribution >= 4 is 23.2 Å². The zero-order valence-electron chi connectivity index (χ0n) is 13.9. The number of hydrogen-bond acceptors (Lipinski definition) is 4. The predicted molar refractivity (Wildman–Crippen MR) is 93.9 cm³/mol. The molecule has 1 aliphatic rings. The molecule has 0 atom stereocenters. The minimum absolute atomic E-state index is 0.0389. The van der Waals surface area contributed by atoms with Gasteiger partial charge in [-0.1, -0.05) is 23.7 Å². The number of halogens is 1. The first-order chi connectivity index (χ1) is 10.8. The summed E-state index contributed by atoms with van der Waals surface area (Å²) in [5.74, 6) is -0.0389. The molecule has 1 aromatic rings. The van der Waals surface area contributed by atoms with E-state index in [9.17, 15) is 9.90 Å². The lowest BCUT2D eigenvalue weighted by molar-refractivity contribution is -0.117. The Hall–Kier alpha value is -1.14. The maximum Gasteiger partial charge on any atom is 0.238 e. The predicted octanol–water partition coefficient (Wildman–Crippen LogP) is 2.06. The van der Waals surface area contributed by atoms with Crippen LogP contribution in [0.15, 0.2) is 24.3 Å². The minimum Gasteiger partial charge on any atom is -0.390 e. The maximum absolute atomic E-state index is 12.1. The Morgan fingerprint density at radius 1 is 1.22 bits per heavy atom. The van der Waals surface area contributed by atoms with Crippen molar-refractivity contribution in [1.29, 1.82) is 0 Å². The molecule has 1 saturated heterocycles. The summed E-state index contributed by atoms with van der Waals surface area (Å²) in [6.07, 6.45) is 0.764. The van der Waals surface area contributed by atoms with Crippen LogP contribution in [-0.4, -0.2) is 65.7 Å². The van der Waals surface area contributed by atoms with Crippen molar-refractivity contribution in [3.63, 3.8) is 0 Å². The molecule has 0 radical (unpaired) electrons. The Morgan fingerprint density at radius 2 is 1.83 bits per heavy atom. The van der Waals surface area contributed by atoms with Gasteiger partial charge in [0.15, 0.2) is 0 Å². The van der Waals surface area contributed by atoms with Gasteiger partial charge in [-0.3, -0.25) is 9.69 Å². The van der Waals surface area contributed by atoms with Gasteiger partial charge in [0.25, 0.3) is 0 Å². The first-order valence-electron chi connectivity index (χ1n) is 8.05. The van der Waals surface area contributed by atoms with Gasteiger partial charge < -0.3 is 15.3 Å². The molecular weight excluding hydrogens is 314 g/mol. The van der Waals surface area contributed by atoms with E-state index in [-0.39, 0.29) is 5.91 Å². The van der Waals surface area contributed by atoms with Crippen molar-refractivity contribution in [3.8, 4) is 0 Å². The van der Waals surface area contributed by atoms with Crippen LogP contribution in [0.3, 0.4) is 0 Å². The molecule has 23 heavy (non-hydrogen) atoms. The normalized spacial score (nSPS) is 17.2. The zero-order valence-corrected chi connectivity index (χ0v) is 14.6. The first-order valence-corrected chi connectivity index (χ1v) is 8.43. The van der Waals surface area contributed by atoms with Crippen molar-refractivity contribution in [2.45, 2.75) is 25.9 Å². The fourth-order valence-electron chi connectivity index (χ4n) is 2.56. The summed E-state index contributed by atoms with van der Waals surface area (Å²) in [6.45, 7) is 8.52. The molecule has 128 valence electrons. The Kier molecular flexibility index (Phi) is 6.41. The molecule has 1 amide bonds. The van der Waals surface area contributed by atoms with Crippen LogP contribution in [0.2, 0.25) is 5.02 Å². The van der Waals surface area contributed by atoms with Gasteiger partial charge in [-0.2, -0.15) is 0 Å². The molecule has 1 aliphatic heterocycles. The number of aliphatic hydroxyl groups is 1. The lowest BCUT2D eigenvalue weighted by atomic mass is 10.1. The number of para-hydroxylation sites is 1. The van der Waals surface area contributed by atoms with Gasteiger partial charge in [0.2, 0.25) is 5.91 Å². The molecule has 0 spiro atoms. The van der Waals surface area contributed by atoms with Gasteiger partial charge in [0.05, 0.1) is 22.9 Å². The largest absolute Gasteiger partial charge is 0.390 e. The Bertz CT molecular complexity index is 523. The van der Waals surface area contributed by atoms with E-state index in [1.54, 1.807) is 12.1 Å². The molecule has 1 heterocycles. The van der Waals surface area contributed by atoms with Crippen LogP contribution in [0.4, 0.5) is 5.69 Å². The van der Waals surface area contributed by atoms with Crippen LogP contribution in [0, 0.1) is 0 Å². The lowest BCUT2D eigenvalue weighted by Gasteiger charge is -2.35. The second-order valence-corrected chi connectivity index (χ2v) is 7.12. The first kappa shape index (κ1) is 18.2. The minimum atomic E-state index is -0.619. The van der Waals surface area contributed by atoms with Crippen molar-refractivity contribution in [2.75, 3.05) is 44.6 Å². The van der Waals surface area contributed by atoms with Crippen molar-refractivity contribution in [1.82, 2.24) is 9.80 Å². The second-order valence-electron chi connectivity index (χ2n) is 6.71. The highest BCUT2D eigenvalue weighted by molar-refractivity contribution is 6.33. The summed E-state index contributed by atoms with van der Waals surface area (Å²) >= 11 is 6.05. The summed E-state index contributed by atoms with van der Waals surface area (Å²) in [7, 11) is 0. The Labute approximate surface area is 143 Å². The number of anilines is 1. The number of nitrogens with zero attached hydrogens (tertiary/aromatic N) is 2. The standard InChI is InChI=1S/C17H26ClN3O2/c1-17(2,23)7-8-20-9-11-21(12-10-20)13-16(22)19-15-6-4-3-5-14(15)18/h3-6,23H,7-13H2,1-2H3,(H,19,22). The number of benzene rings is 1. The highest BCUT2D eigenvalue weighted by atomic mass is 35.5. The monoisotopic (exact) mass is 339 g/mol. The Balaban J connectivity index is 1.72. The molecule has 1 aromatic carbocycles. The van der Waals surface area contributed by atoms with E-state index < -0.39 is 5.60 Å². The highest BCUT2D eigenvalue weighted by Crippen LogP contribution is 2.20. The molecule has 2 N–H and O–H groups in total. The van der Waals surface area contributed by atoms with E-state index in [2.05, 4.69) is 15.1 Å². The Morgan fingerprint density at radius 3 is 2.43 bits per heavy atom. The van der Waals surface area contributed by atoms with E-state index in [4.69, 9.17) is 11.6 Å². The van der Waals surface area contributed by atoms with Crippen LogP contribution in [0.5, 0.6) is 0 Å². The number of amides is 1. The molecular formula is C17H26ClN3O2. The third-order valence-electron chi connectivity index (χ3n) is 4.02. The van der Waals surface area contributed by atoms with Crippen LogP contribution < -0.4 is 5.32 Å². The van der Waals surface area contributed by atoms with Crippen LogP contribution in [-0.2, 0) is 4.79 Å².